The number of anilines is 1. The van der Waals surface area contributed by atoms with Gasteiger partial charge in [-0.1, -0.05) is 19.8 Å². The number of fused-ring (bicyclic) bond motifs is 1. The van der Waals surface area contributed by atoms with Crippen molar-refractivity contribution in [1.82, 2.24) is 5.32 Å². The van der Waals surface area contributed by atoms with Crippen LogP contribution in [0.5, 0.6) is 11.5 Å². The maximum Gasteiger partial charge on any atom is 0.195 e. The lowest BCUT2D eigenvalue weighted by Gasteiger charge is -2.14. The Morgan fingerprint density at radius 1 is 1.07 bits per heavy atom. The molecule has 0 bridgehead atoms. The van der Waals surface area contributed by atoms with Gasteiger partial charge in [0, 0.05) is 45.0 Å². The number of unbranched alkanes of at least 4 members (excludes halogenated alkanes) is 2. The van der Waals surface area contributed by atoms with Crippen molar-refractivity contribution in [3.8, 4) is 11.5 Å². The van der Waals surface area contributed by atoms with Crippen LogP contribution in [0.1, 0.15) is 39.0 Å². The molecule has 0 atom stereocenters. The van der Waals surface area contributed by atoms with Crippen LogP contribution in [0.2, 0.25) is 0 Å². The highest BCUT2D eigenvalue weighted by Crippen LogP contribution is 2.32. The molecule has 0 aromatic heterocycles. The standard InChI is InChI=1S/C21H35N3O4/c1-3-4-5-10-22-21(23-11-6-12-26-16-15-25-2)24-18-8-9-19-20(17-18)28-14-7-13-27-19/h8-9,17H,3-7,10-16H2,1-2H3,(H2,22,23,24). The van der Waals surface area contributed by atoms with Crippen LogP contribution in [0.15, 0.2) is 23.2 Å². The van der Waals surface area contributed by atoms with E-state index in [0.717, 1.165) is 49.0 Å². The fourth-order valence-electron chi connectivity index (χ4n) is 2.70. The van der Waals surface area contributed by atoms with Gasteiger partial charge < -0.3 is 29.6 Å². The molecule has 0 saturated carbocycles. The lowest BCUT2D eigenvalue weighted by molar-refractivity contribution is 0.0702. The topological polar surface area (TPSA) is 73.3 Å². The number of nitrogens with zero attached hydrogens (tertiary/aromatic N) is 1. The van der Waals surface area contributed by atoms with Gasteiger partial charge >= 0.3 is 0 Å². The molecular weight excluding hydrogens is 358 g/mol. The summed E-state index contributed by atoms with van der Waals surface area (Å²) in [6.07, 6.45) is 5.29. The Morgan fingerprint density at radius 2 is 1.93 bits per heavy atom. The Bertz CT molecular complexity index is 581. The molecule has 158 valence electrons. The molecule has 1 aromatic carbocycles. The lowest BCUT2D eigenvalue weighted by atomic mass is 10.2. The van der Waals surface area contributed by atoms with Crippen LogP contribution in [0.3, 0.4) is 0 Å². The number of methoxy groups -OCH3 is 1. The first kappa shape index (κ1) is 22.3. The van der Waals surface area contributed by atoms with E-state index in [9.17, 15) is 0 Å². The Morgan fingerprint density at radius 3 is 2.75 bits per heavy atom. The minimum atomic E-state index is 0.623. The smallest absolute Gasteiger partial charge is 0.195 e. The van der Waals surface area contributed by atoms with Crippen LogP contribution in [-0.4, -0.2) is 59.2 Å². The molecule has 7 heteroatoms. The summed E-state index contributed by atoms with van der Waals surface area (Å²) in [7, 11) is 1.68. The van der Waals surface area contributed by atoms with Crippen molar-refractivity contribution < 1.29 is 18.9 Å². The zero-order valence-corrected chi connectivity index (χ0v) is 17.3. The second kappa shape index (κ2) is 14.1. The van der Waals surface area contributed by atoms with Crippen LogP contribution in [0, 0.1) is 0 Å². The summed E-state index contributed by atoms with van der Waals surface area (Å²) in [4.78, 5) is 4.68. The molecule has 0 radical (unpaired) electrons. The van der Waals surface area contributed by atoms with Crippen LogP contribution < -0.4 is 20.1 Å². The summed E-state index contributed by atoms with van der Waals surface area (Å²) in [5.74, 6) is 2.35. The summed E-state index contributed by atoms with van der Waals surface area (Å²) in [5, 5.41) is 6.79. The largest absolute Gasteiger partial charge is 0.490 e. The number of aliphatic imine (C=N–C) groups is 1. The Balaban J connectivity index is 1.88. The zero-order valence-electron chi connectivity index (χ0n) is 17.3. The van der Waals surface area contributed by atoms with E-state index in [4.69, 9.17) is 18.9 Å². The van der Waals surface area contributed by atoms with Gasteiger partial charge in [0.15, 0.2) is 17.5 Å². The number of hydrogen-bond acceptors (Lipinski definition) is 5. The molecule has 0 fully saturated rings. The Labute approximate surface area is 168 Å². The average molecular weight is 394 g/mol. The molecule has 28 heavy (non-hydrogen) atoms. The van der Waals surface area contributed by atoms with Gasteiger partial charge in [-0.3, -0.25) is 4.99 Å². The van der Waals surface area contributed by atoms with E-state index in [-0.39, 0.29) is 0 Å². The van der Waals surface area contributed by atoms with Crippen molar-refractivity contribution >= 4 is 11.6 Å². The van der Waals surface area contributed by atoms with Crippen LogP contribution in [0.4, 0.5) is 5.69 Å². The number of nitrogens with one attached hydrogen (secondary N) is 2. The number of hydrogen-bond donors (Lipinski definition) is 2. The van der Waals surface area contributed by atoms with Gasteiger partial charge in [-0.25, -0.2) is 0 Å². The predicted octanol–water partition coefficient (Wildman–Crippen LogP) is 3.45. The summed E-state index contributed by atoms with van der Waals surface area (Å²) < 4.78 is 21.9. The molecule has 2 N–H and O–H groups in total. The Kier molecular flexibility index (Phi) is 11.2. The van der Waals surface area contributed by atoms with Gasteiger partial charge in [0.1, 0.15) is 0 Å². The van der Waals surface area contributed by atoms with Crippen molar-refractivity contribution in [3.05, 3.63) is 18.2 Å². The predicted molar refractivity (Wildman–Crippen MR) is 113 cm³/mol. The molecule has 1 aliphatic heterocycles. The first-order valence-electron chi connectivity index (χ1n) is 10.3. The third-order valence-electron chi connectivity index (χ3n) is 4.23. The second-order valence-electron chi connectivity index (χ2n) is 6.66. The molecule has 0 spiro atoms. The molecule has 1 aromatic rings. The highest BCUT2D eigenvalue weighted by molar-refractivity contribution is 5.93. The van der Waals surface area contributed by atoms with E-state index in [0.29, 0.717) is 39.6 Å². The van der Waals surface area contributed by atoms with Gasteiger partial charge in [0.05, 0.1) is 26.4 Å². The first-order chi connectivity index (χ1) is 13.8. The normalized spacial score (nSPS) is 13.9. The third-order valence-corrected chi connectivity index (χ3v) is 4.23. The van der Waals surface area contributed by atoms with E-state index in [1.54, 1.807) is 7.11 Å². The van der Waals surface area contributed by atoms with Crippen LogP contribution in [0.25, 0.3) is 0 Å². The Hall–Kier alpha value is -1.99. The minimum Gasteiger partial charge on any atom is -0.490 e. The summed E-state index contributed by atoms with van der Waals surface area (Å²) >= 11 is 0. The fraction of sp³-hybridized carbons (Fsp3) is 0.667. The van der Waals surface area contributed by atoms with Gasteiger partial charge in [0.2, 0.25) is 0 Å². The number of rotatable bonds is 12. The van der Waals surface area contributed by atoms with E-state index < -0.39 is 0 Å². The minimum absolute atomic E-state index is 0.623. The van der Waals surface area contributed by atoms with Crippen molar-refractivity contribution in [2.45, 2.75) is 39.0 Å². The maximum absolute atomic E-state index is 5.78. The molecule has 2 rings (SSSR count). The monoisotopic (exact) mass is 393 g/mol. The van der Waals surface area contributed by atoms with Crippen molar-refractivity contribution in [2.24, 2.45) is 4.99 Å². The van der Waals surface area contributed by atoms with Gasteiger partial charge in [-0.2, -0.15) is 0 Å². The van der Waals surface area contributed by atoms with E-state index in [1.807, 2.05) is 18.2 Å². The van der Waals surface area contributed by atoms with E-state index >= 15 is 0 Å². The number of ether oxygens (including phenoxy) is 4. The van der Waals surface area contributed by atoms with E-state index in [1.165, 1.54) is 12.8 Å². The van der Waals surface area contributed by atoms with Crippen molar-refractivity contribution in [3.63, 3.8) is 0 Å². The number of guanidine groups is 1. The molecule has 1 aliphatic rings. The lowest BCUT2D eigenvalue weighted by Crippen LogP contribution is -2.32. The van der Waals surface area contributed by atoms with Crippen LogP contribution >= 0.6 is 0 Å². The summed E-state index contributed by atoms with van der Waals surface area (Å²) in [5.41, 5.74) is 0.933. The van der Waals surface area contributed by atoms with Crippen molar-refractivity contribution in [1.29, 1.82) is 0 Å². The zero-order chi connectivity index (χ0) is 19.9. The van der Waals surface area contributed by atoms with Crippen LogP contribution in [-0.2, 0) is 9.47 Å². The summed E-state index contributed by atoms with van der Waals surface area (Å²) in [6.45, 7) is 7.09. The van der Waals surface area contributed by atoms with Gasteiger partial charge in [-0.05, 0) is 25.0 Å². The van der Waals surface area contributed by atoms with Gasteiger partial charge in [-0.15, -0.1) is 0 Å². The molecule has 0 amide bonds. The fourth-order valence-corrected chi connectivity index (χ4v) is 2.70. The quantitative estimate of drug-likeness (QED) is 0.322. The molecule has 0 unspecified atom stereocenters. The van der Waals surface area contributed by atoms with Gasteiger partial charge in [0.25, 0.3) is 0 Å². The van der Waals surface area contributed by atoms with E-state index in [2.05, 4.69) is 22.5 Å². The number of benzene rings is 1. The maximum atomic E-state index is 5.78. The summed E-state index contributed by atoms with van der Waals surface area (Å²) in [6, 6.07) is 5.91. The highest BCUT2D eigenvalue weighted by Gasteiger charge is 2.11. The molecule has 0 aliphatic carbocycles. The van der Waals surface area contributed by atoms with Crippen molar-refractivity contribution in [2.75, 3.05) is 58.6 Å². The SMILES string of the molecule is CCCCCNC(=NCCCOCCOC)Nc1ccc2c(c1)OCCCO2. The third kappa shape index (κ3) is 8.80. The molecular formula is C21H35N3O4. The highest BCUT2D eigenvalue weighted by atomic mass is 16.5. The molecule has 7 nitrogen and oxygen atoms in total. The molecule has 0 saturated heterocycles. The average Bonchev–Trinajstić information content (AvgIpc) is 2.95. The second-order valence-corrected chi connectivity index (χ2v) is 6.66. The first-order valence-corrected chi connectivity index (χ1v) is 10.3. The molecule has 1 heterocycles.